The summed E-state index contributed by atoms with van der Waals surface area (Å²) in [5, 5.41) is 3.46. The maximum atomic E-state index is 12.5. The molecule has 1 aromatic rings. The second-order valence-electron chi connectivity index (χ2n) is 1.88. The highest BCUT2D eigenvalue weighted by molar-refractivity contribution is 5.78. The Balaban J connectivity index is 2.79. The van der Waals surface area contributed by atoms with E-state index in [1.54, 1.807) is 0 Å². The van der Waals surface area contributed by atoms with Crippen LogP contribution in [0.15, 0.2) is 23.4 Å². The minimum atomic E-state index is -0.304. The summed E-state index contributed by atoms with van der Waals surface area (Å²) < 4.78 is 12.5. The van der Waals surface area contributed by atoms with E-state index in [4.69, 9.17) is 0 Å². The van der Waals surface area contributed by atoms with Gasteiger partial charge in [0.05, 0.1) is 6.21 Å². The Morgan fingerprint density at radius 3 is 3.18 bits per heavy atom. The zero-order valence-corrected chi connectivity index (χ0v) is 6.04. The first-order valence-electron chi connectivity index (χ1n) is 3.06. The molecule has 0 heterocycles. The molecule has 0 aliphatic rings. The maximum absolute atomic E-state index is 12.5. The first kappa shape index (κ1) is 7.72. The second-order valence-corrected chi connectivity index (χ2v) is 1.88. The number of nitrogens with zero attached hydrogens (tertiary/aromatic N) is 1. The molecule has 0 aliphatic carbocycles. The first-order chi connectivity index (χ1) is 5.33. The molecule has 1 rings (SSSR count). The molecule has 0 aromatic heterocycles. The molecule has 11 heavy (non-hydrogen) atoms. The Kier molecular flexibility index (Phi) is 2.60. The van der Waals surface area contributed by atoms with Crippen molar-refractivity contribution in [2.75, 3.05) is 7.11 Å². The fourth-order valence-corrected chi connectivity index (χ4v) is 0.640. The molecule has 0 saturated carbocycles. The Morgan fingerprint density at radius 2 is 2.55 bits per heavy atom. The Hall–Kier alpha value is -1.38. The number of hydrogen-bond acceptors (Lipinski definition) is 2. The lowest BCUT2D eigenvalue weighted by molar-refractivity contribution is 0.215. The summed E-state index contributed by atoms with van der Waals surface area (Å²) in [4.78, 5) is 4.41. The van der Waals surface area contributed by atoms with Crippen LogP contribution in [0, 0.1) is 11.9 Å². The molecule has 1 aromatic carbocycles. The van der Waals surface area contributed by atoms with Gasteiger partial charge in [-0.05, 0) is 18.2 Å². The van der Waals surface area contributed by atoms with Gasteiger partial charge in [0.15, 0.2) is 0 Å². The standard InChI is InChI=1S/C8H7FNO/c1-11-10-6-7-3-2-4-8(9)5-7/h2,4-6H,1H3. The van der Waals surface area contributed by atoms with Crippen LogP contribution in [-0.4, -0.2) is 13.3 Å². The van der Waals surface area contributed by atoms with Gasteiger partial charge < -0.3 is 4.84 Å². The third kappa shape index (κ3) is 2.37. The van der Waals surface area contributed by atoms with Gasteiger partial charge in [0, 0.05) is 5.56 Å². The van der Waals surface area contributed by atoms with E-state index < -0.39 is 0 Å². The van der Waals surface area contributed by atoms with Crippen LogP contribution in [-0.2, 0) is 4.84 Å². The zero-order chi connectivity index (χ0) is 8.10. The van der Waals surface area contributed by atoms with Gasteiger partial charge in [-0.15, -0.1) is 0 Å². The highest BCUT2D eigenvalue weighted by Crippen LogP contribution is 1.99. The number of rotatable bonds is 2. The van der Waals surface area contributed by atoms with Crippen molar-refractivity contribution in [1.82, 2.24) is 0 Å². The smallest absolute Gasteiger partial charge is 0.123 e. The molecular formula is C8H7FNO. The monoisotopic (exact) mass is 152 g/mol. The van der Waals surface area contributed by atoms with Gasteiger partial charge in [-0.25, -0.2) is 4.39 Å². The topological polar surface area (TPSA) is 21.6 Å². The van der Waals surface area contributed by atoms with Crippen LogP contribution in [0.5, 0.6) is 0 Å². The molecule has 57 valence electrons. The van der Waals surface area contributed by atoms with Crippen molar-refractivity contribution in [3.63, 3.8) is 0 Å². The third-order valence-electron chi connectivity index (χ3n) is 1.08. The Bertz CT molecular complexity index is 260. The average molecular weight is 152 g/mol. The molecule has 1 radical (unpaired) electrons. The molecule has 0 N–H and O–H groups in total. The van der Waals surface area contributed by atoms with E-state index in [0.29, 0.717) is 5.56 Å². The van der Waals surface area contributed by atoms with Crippen LogP contribution < -0.4 is 0 Å². The largest absolute Gasteiger partial charge is 0.399 e. The molecule has 0 saturated heterocycles. The highest BCUT2D eigenvalue weighted by atomic mass is 19.1. The molecule has 0 fully saturated rings. The van der Waals surface area contributed by atoms with Crippen molar-refractivity contribution in [1.29, 1.82) is 0 Å². The van der Waals surface area contributed by atoms with Crippen molar-refractivity contribution in [3.05, 3.63) is 35.6 Å². The zero-order valence-electron chi connectivity index (χ0n) is 6.04. The fraction of sp³-hybridized carbons (Fsp3) is 0.125. The van der Waals surface area contributed by atoms with E-state index >= 15 is 0 Å². The molecular weight excluding hydrogens is 145 g/mol. The van der Waals surface area contributed by atoms with Gasteiger partial charge in [-0.3, -0.25) is 0 Å². The van der Waals surface area contributed by atoms with Crippen LogP contribution in [0.2, 0.25) is 0 Å². The molecule has 0 aliphatic heterocycles. The summed E-state index contributed by atoms with van der Waals surface area (Å²) in [6.07, 6.45) is 1.39. The van der Waals surface area contributed by atoms with E-state index in [9.17, 15) is 4.39 Å². The van der Waals surface area contributed by atoms with Crippen molar-refractivity contribution < 1.29 is 9.23 Å². The van der Waals surface area contributed by atoms with Gasteiger partial charge in [-0.2, -0.15) is 0 Å². The number of halogens is 1. The van der Waals surface area contributed by atoms with E-state index in [-0.39, 0.29) is 5.82 Å². The summed E-state index contributed by atoms with van der Waals surface area (Å²) in [6.45, 7) is 0. The molecule has 0 spiro atoms. The van der Waals surface area contributed by atoms with Crippen molar-refractivity contribution in [3.8, 4) is 0 Å². The second kappa shape index (κ2) is 3.71. The lowest BCUT2D eigenvalue weighted by Gasteiger charge is -1.90. The summed E-state index contributed by atoms with van der Waals surface area (Å²) in [5.41, 5.74) is 0.562. The molecule has 0 amide bonds. The Labute approximate surface area is 64.3 Å². The van der Waals surface area contributed by atoms with Gasteiger partial charge >= 0.3 is 0 Å². The first-order valence-corrected chi connectivity index (χ1v) is 3.06. The number of hydrogen-bond donors (Lipinski definition) is 0. The quantitative estimate of drug-likeness (QED) is 0.466. The summed E-state index contributed by atoms with van der Waals surface area (Å²) in [7, 11) is 1.43. The molecule has 0 atom stereocenters. The lowest BCUT2D eigenvalue weighted by Crippen LogP contribution is -1.83. The van der Waals surface area contributed by atoms with Crippen molar-refractivity contribution >= 4 is 6.21 Å². The average Bonchev–Trinajstić information content (AvgIpc) is 2.01. The normalized spacial score (nSPS) is 10.4. The van der Waals surface area contributed by atoms with Crippen LogP contribution in [0.1, 0.15) is 5.56 Å². The van der Waals surface area contributed by atoms with Gasteiger partial charge in [0.25, 0.3) is 0 Å². The third-order valence-corrected chi connectivity index (χ3v) is 1.08. The summed E-state index contributed by atoms with van der Waals surface area (Å²) >= 11 is 0. The van der Waals surface area contributed by atoms with Crippen LogP contribution in [0.3, 0.4) is 0 Å². The number of oxime groups is 1. The van der Waals surface area contributed by atoms with Crippen molar-refractivity contribution in [2.24, 2.45) is 5.16 Å². The number of benzene rings is 1. The minimum Gasteiger partial charge on any atom is -0.399 e. The van der Waals surface area contributed by atoms with Crippen LogP contribution in [0.25, 0.3) is 0 Å². The van der Waals surface area contributed by atoms with Gasteiger partial charge in [-0.1, -0.05) is 11.2 Å². The molecule has 2 nitrogen and oxygen atoms in total. The van der Waals surface area contributed by atoms with E-state index in [2.05, 4.69) is 16.1 Å². The maximum Gasteiger partial charge on any atom is 0.123 e. The summed E-state index contributed by atoms with van der Waals surface area (Å²) in [5.74, 6) is -0.304. The minimum absolute atomic E-state index is 0.304. The molecule has 0 bridgehead atoms. The molecule has 0 unspecified atom stereocenters. The predicted molar refractivity (Wildman–Crippen MR) is 39.8 cm³/mol. The lowest BCUT2D eigenvalue weighted by atomic mass is 10.2. The summed E-state index contributed by atoms with van der Waals surface area (Å²) in [6, 6.07) is 6.91. The molecule has 3 heteroatoms. The van der Waals surface area contributed by atoms with Crippen molar-refractivity contribution in [2.45, 2.75) is 0 Å². The van der Waals surface area contributed by atoms with Gasteiger partial charge in [0.2, 0.25) is 0 Å². The van der Waals surface area contributed by atoms with Crippen LogP contribution in [0.4, 0.5) is 4.39 Å². The van der Waals surface area contributed by atoms with E-state index in [1.807, 2.05) is 0 Å². The van der Waals surface area contributed by atoms with E-state index in [0.717, 1.165) is 0 Å². The SMILES string of the molecule is CON=Cc1[c]ccc(F)c1. The highest BCUT2D eigenvalue weighted by Gasteiger charge is 1.90. The van der Waals surface area contributed by atoms with E-state index in [1.165, 1.54) is 31.5 Å². The predicted octanol–water partition coefficient (Wildman–Crippen LogP) is 1.61. The fourth-order valence-electron chi connectivity index (χ4n) is 0.640. The Morgan fingerprint density at radius 1 is 1.73 bits per heavy atom. The van der Waals surface area contributed by atoms with Gasteiger partial charge in [0.1, 0.15) is 12.9 Å². The van der Waals surface area contributed by atoms with Crippen LogP contribution >= 0.6 is 0 Å².